The summed E-state index contributed by atoms with van der Waals surface area (Å²) in [4.78, 5) is 14.6. The number of nitrogens with one attached hydrogen (secondary N) is 1. The zero-order valence-corrected chi connectivity index (χ0v) is 11.3. The Morgan fingerprint density at radius 2 is 2.33 bits per heavy atom. The van der Waals surface area contributed by atoms with Crippen molar-refractivity contribution in [1.29, 1.82) is 0 Å². The smallest absolute Gasteiger partial charge is 0.234 e. The van der Waals surface area contributed by atoms with Gasteiger partial charge in [-0.05, 0) is 31.2 Å². The normalized spacial score (nSPS) is 14.5. The van der Waals surface area contributed by atoms with E-state index in [1.807, 2.05) is 13.1 Å². The van der Waals surface area contributed by atoms with Gasteiger partial charge in [-0.15, -0.1) is 11.8 Å². The van der Waals surface area contributed by atoms with Crippen molar-refractivity contribution in [1.82, 2.24) is 4.90 Å². The first kappa shape index (κ1) is 13.4. The Labute approximate surface area is 111 Å². The first-order chi connectivity index (χ1) is 8.69. The number of rotatable bonds is 5. The van der Waals surface area contributed by atoms with Crippen molar-refractivity contribution in [2.45, 2.75) is 17.9 Å². The number of aliphatic hydroxyl groups is 1. The topological polar surface area (TPSA) is 52.6 Å². The van der Waals surface area contributed by atoms with Gasteiger partial charge in [-0.3, -0.25) is 4.79 Å². The Hall–Kier alpha value is -1.04. The van der Waals surface area contributed by atoms with Crippen LogP contribution in [0, 0.1) is 0 Å². The molecule has 1 aromatic rings. The molecule has 0 radical (unpaired) electrons. The summed E-state index contributed by atoms with van der Waals surface area (Å²) in [6.45, 7) is 1.92. The van der Waals surface area contributed by atoms with Gasteiger partial charge < -0.3 is 15.3 Å². The number of anilines is 1. The fraction of sp³-hybridized carbons (Fsp3) is 0.462. The van der Waals surface area contributed by atoms with Gasteiger partial charge in [0.25, 0.3) is 0 Å². The molecule has 98 valence electrons. The maximum Gasteiger partial charge on any atom is 0.234 e. The Morgan fingerprint density at radius 3 is 3.11 bits per heavy atom. The maximum atomic E-state index is 11.3. The highest BCUT2D eigenvalue weighted by Gasteiger charge is 2.15. The number of carbonyl (C=O) groups is 1. The number of hydrogen-bond donors (Lipinski definition) is 2. The minimum atomic E-state index is 0.0679. The third-order valence-electron chi connectivity index (χ3n) is 2.83. The van der Waals surface area contributed by atoms with Crippen molar-refractivity contribution in [3.8, 4) is 0 Å². The molecular formula is C13H18N2O2S. The van der Waals surface area contributed by atoms with Gasteiger partial charge in [0.05, 0.1) is 11.4 Å². The molecule has 5 heteroatoms. The first-order valence-electron chi connectivity index (χ1n) is 6.04. The molecule has 0 aromatic heterocycles. The molecule has 0 aliphatic carbocycles. The molecule has 1 heterocycles. The van der Waals surface area contributed by atoms with Crippen molar-refractivity contribution in [3.63, 3.8) is 0 Å². The van der Waals surface area contributed by atoms with Crippen LogP contribution in [0.1, 0.15) is 12.0 Å². The summed E-state index contributed by atoms with van der Waals surface area (Å²) >= 11 is 1.58. The van der Waals surface area contributed by atoms with Crippen LogP contribution in [0.4, 0.5) is 5.69 Å². The molecule has 0 saturated carbocycles. The molecule has 1 amide bonds. The number of carbonyl (C=O) groups excluding carboxylic acids is 1. The molecule has 0 saturated heterocycles. The quantitative estimate of drug-likeness (QED) is 0.849. The third kappa shape index (κ3) is 3.48. The van der Waals surface area contributed by atoms with E-state index in [1.54, 1.807) is 11.8 Å². The molecule has 4 nitrogen and oxygen atoms in total. The van der Waals surface area contributed by atoms with Crippen molar-refractivity contribution in [2.24, 2.45) is 0 Å². The Bertz CT molecular complexity index is 437. The summed E-state index contributed by atoms with van der Waals surface area (Å²) in [7, 11) is 2.03. The fourth-order valence-corrected chi connectivity index (χ4v) is 2.75. The predicted octanol–water partition coefficient (Wildman–Crippen LogP) is 1.54. The summed E-state index contributed by atoms with van der Waals surface area (Å²) in [5.41, 5.74) is 2.10. The molecule has 0 bridgehead atoms. The summed E-state index contributed by atoms with van der Waals surface area (Å²) in [5.74, 6) is 0.571. The SMILES string of the molecule is CN(CCCO)Cc1ccc2c(c1)NC(=O)CS2. The van der Waals surface area contributed by atoms with Gasteiger partial charge in [-0.25, -0.2) is 0 Å². The minimum absolute atomic E-state index is 0.0679. The average Bonchev–Trinajstić information content (AvgIpc) is 2.36. The highest BCUT2D eigenvalue weighted by Crippen LogP contribution is 2.32. The predicted molar refractivity (Wildman–Crippen MR) is 73.8 cm³/mol. The number of amides is 1. The standard InChI is InChI=1S/C13H18N2O2S/c1-15(5-2-6-16)8-10-3-4-12-11(7-10)14-13(17)9-18-12/h3-4,7,16H,2,5-6,8-9H2,1H3,(H,14,17). The van der Waals surface area contributed by atoms with Crippen LogP contribution in [0.2, 0.25) is 0 Å². The van der Waals surface area contributed by atoms with E-state index in [9.17, 15) is 4.79 Å². The van der Waals surface area contributed by atoms with Crippen molar-refractivity contribution >= 4 is 23.4 Å². The van der Waals surface area contributed by atoms with Gasteiger partial charge in [0.2, 0.25) is 5.91 Å². The van der Waals surface area contributed by atoms with Crippen LogP contribution in [0.3, 0.4) is 0 Å². The second kappa shape index (κ2) is 6.22. The molecule has 0 unspecified atom stereocenters. The number of nitrogens with zero attached hydrogens (tertiary/aromatic N) is 1. The van der Waals surface area contributed by atoms with Crippen LogP contribution < -0.4 is 5.32 Å². The zero-order chi connectivity index (χ0) is 13.0. The third-order valence-corrected chi connectivity index (χ3v) is 3.90. The molecule has 1 aromatic carbocycles. The Balaban J connectivity index is 2.02. The highest BCUT2D eigenvalue weighted by molar-refractivity contribution is 8.00. The van der Waals surface area contributed by atoms with Crippen LogP contribution >= 0.6 is 11.8 Å². The summed E-state index contributed by atoms with van der Waals surface area (Å²) in [6.07, 6.45) is 0.786. The van der Waals surface area contributed by atoms with E-state index in [0.29, 0.717) is 5.75 Å². The lowest BCUT2D eigenvalue weighted by atomic mass is 10.2. The zero-order valence-electron chi connectivity index (χ0n) is 10.5. The number of aliphatic hydroxyl groups excluding tert-OH is 1. The van der Waals surface area contributed by atoms with Crippen molar-refractivity contribution in [2.75, 3.05) is 31.3 Å². The number of fused-ring (bicyclic) bond motifs is 1. The fourth-order valence-electron chi connectivity index (χ4n) is 1.96. The monoisotopic (exact) mass is 266 g/mol. The van der Waals surface area contributed by atoms with Crippen LogP contribution in [0.15, 0.2) is 23.1 Å². The lowest BCUT2D eigenvalue weighted by molar-refractivity contribution is -0.113. The summed E-state index contributed by atoms with van der Waals surface area (Å²) in [6, 6.07) is 6.20. The van der Waals surface area contributed by atoms with E-state index < -0.39 is 0 Å². The van der Waals surface area contributed by atoms with Crippen LogP contribution in [0.5, 0.6) is 0 Å². The largest absolute Gasteiger partial charge is 0.396 e. The van der Waals surface area contributed by atoms with E-state index in [1.165, 1.54) is 5.56 Å². The average molecular weight is 266 g/mol. The molecule has 0 spiro atoms. The molecule has 18 heavy (non-hydrogen) atoms. The molecule has 2 N–H and O–H groups in total. The van der Waals surface area contributed by atoms with E-state index in [2.05, 4.69) is 22.3 Å². The van der Waals surface area contributed by atoms with Gasteiger partial charge in [-0.2, -0.15) is 0 Å². The van der Waals surface area contributed by atoms with E-state index >= 15 is 0 Å². The number of hydrogen-bond acceptors (Lipinski definition) is 4. The first-order valence-corrected chi connectivity index (χ1v) is 7.02. The number of benzene rings is 1. The van der Waals surface area contributed by atoms with Crippen molar-refractivity contribution < 1.29 is 9.90 Å². The molecule has 0 atom stereocenters. The lowest BCUT2D eigenvalue weighted by Crippen LogP contribution is -2.21. The van der Waals surface area contributed by atoms with E-state index in [0.717, 1.165) is 30.1 Å². The minimum Gasteiger partial charge on any atom is -0.396 e. The van der Waals surface area contributed by atoms with E-state index in [4.69, 9.17) is 5.11 Å². The summed E-state index contributed by atoms with van der Waals surface area (Å²) in [5, 5.41) is 11.7. The second-order valence-corrected chi connectivity index (χ2v) is 5.50. The van der Waals surface area contributed by atoms with Gasteiger partial charge in [-0.1, -0.05) is 6.07 Å². The van der Waals surface area contributed by atoms with Gasteiger partial charge in [0.1, 0.15) is 0 Å². The molecule has 0 fully saturated rings. The van der Waals surface area contributed by atoms with Crippen LogP contribution in [0.25, 0.3) is 0 Å². The maximum absolute atomic E-state index is 11.3. The molecular weight excluding hydrogens is 248 g/mol. The van der Waals surface area contributed by atoms with Crippen LogP contribution in [-0.2, 0) is 11.3 Å². The molecule has 2 rings (SSSR count). The molecule has 1 aliphatic heterocycles. The van der Waals surface area contributed by atoms with Crippen LogP contribution in [-0.4, -0.2) is 41.9 Å². The Morgan fingerprint density at radius 1 is 1.50 bits per heavy atom. The van der Waals surface area contributed by atoms with Crippen molar-refractivity contribution in [3.05, 3.63) is 23.8 Å². The van der Waals surface area contributed by atoms with E-state index in [-0.39, 0.29) is 12.5 Å². The molecule has 1 aliphatic rings. The van der Waals surface area contributed by atoms with Gasteiger partial charge >= 0.3 is 0 Å². The van der Waals surface area contributed by atoms with Gasteiger partial charge in [0.15, 0.2) is 0 Å². The number of thioether (sulfide) groups is 1. The Kier molecular flexibility index (Phi) is 4.63. The van der Waals surface area contributed by atoms with Gasteiger partial charge in [0, 0.05) is 24.6 Å². The second-order valence-electron chi connectivity index (χ2n) is 4.48. The highest BCUT2D eigenvalue weighted by atomic mass is 32.2. The summed E-state index contributed by atoms with van der Waals surface area (Å²) < 4.78 is 0. The lowest BCUT2D eigenvalue weighted by Gasteiger charge is -2.20.